The molecule has 1 amide bonds. The van der Waals surface area contributed by atoms with Crippen LogP contribution in [0.2, 0.25) is 5.02 Å². The molecule has 0 saturated carbocycles. The number of nitrogens with zero attached hydrogens (tertiary/aromatic N) is 4. The molecule has 0 fully saturated rings. The molecule has 0 unspecified atom stereocenters. The minimum Gasteiger partial charge on any atom is -0.325 e. The Labute approximate surface area is 183 Å². The fourth-order valence-corrected chi connectivity index (χ4v) is 3.83. The van der Waals surface area contributed by atoms with Crippen molar-refractivity contribution < 1.29 is 4.79 Å². The van der Waals surface area contributed by atoms with Gasteiger partial charge in [-0.25, -0.2) is 0 Å². The van der Waals surface area contributed by atoms with Gasteiger partial charge in [-0.15, -0.1) is 10.2 Å². The zero-order valence-corrected chi connectivity index (χ0v) is 17.6. The Bertz CT molecular complexity index is 1130. The van der Waals surface area contributed by atoms with Crippen molar-refractivity contribution in [1.82, 2.24) is 19.7 Å². The summed E-state index contributed by atoms with van der Waals surface area (Å²) >= 11 is 7.25. The maximum atomic E-state index is 12.7. The monoisotopic (exact) mass is 435 g/mol. The number of pyridine rings is 1. The largest absolute Gasteiger partial charge is 0.325 e. The SMILES string of the molecule is C[C@@H](Sc1nnc(-c2ccncc2)n1-c1ccccc1)C(=O)Nc1ccc(Cl)cc1. The highest BCUT2D eigenvalue weighted by atomic mass is 35.5. The van der Waals surface area contributed by atoms with E-state index in [4.69, 9.17) is 11.6 Å². The predicted octanol–water partition coefficient (Wildman–Crippen LogP) is 5.10. The summed E-state index contributed by atoms with van der Waals surface area (Å²) in [6, 6.07) is 20.6. The molecule has 1 atom stereocenters. The van der Waals surface area contributed by atoms with Crippen LogP contribution in [-0.4, -0.2) is 30.9 Å². The first-order valence-corrected chi connectivity index (χ1v) is 10.5. The molecule has 2 heterocycles. The first kappa shape index (κ1) is 20.1. The molecular weight excluding hydrogens is 418 g/mol. The lowest BCUT2D eigenvalue weighted by atomic mass is 10.2. The highest BCUT2D eigenvalue weighted by molar-refractivity contribution is 8.00. The van der Waals surface area contributed by atoms with E-state index in [-0.39, 0.29) is 5.91 Å². The lowest BCUT2D eigenvalue weighted by molar-refractivity contribution is -0.115. The third-order valence-electron chi connectivity index (χ3n) is 4.35. The van der Waals surface area contributed by atoms with Crippen LogP contribution in [0.15, 0.2) is 84.3 Å². The minimum atomic E-state index is -0.391. The van der Waals surface area contributed by atoms with Crippen molar-refractivity contribution in [3.63, 3.8) is 0 Å². The number of thioether (sulfide) groups is 1. The summed E-state index contributed by atoms with van der Waals surface area (Å²) < 4.78 is 1.95. The van der Waals surface area contributed by atoms with Gasteiger partial charge in [0.15, 0.2) is 11.0 Å². The molecule has 2 aromatic carbocycles. The predicted molar refractivity (Wildman–Crippen MR) is 120 cm³/mol. The van der Waals surface area contributed by atoms with Crippen molar-refractivity contribution >= 4 is 35.0 Å². The number of halogens is 1. The molecule has 0 spiro atoms. The first-order valence-electron chi connectivity index (χ1n) is 9.26. The molecule has 6 nitrogen and oxygen atoms in total. The van der Waals surface area contributed by atoms with Gasteiger partial charge in [0.1, 0.15) is 0 Å². The van der Waals surface area contributed by atoms with Gasteiger partial charge in [-0.2, -0.15) is 0 Å². The third kappa shape index (κ3) is 4.53. The highest BCUT2D eigenvalue weighted by Gasteiger charge is 2.22. The van der Waals surface area contributed by atoms with Crippen molar-refractivity contribution in [3.05, 3.63) is 84.1 Å². The number of anilines is 1. The van der Waals surface area contributed by atoms with Crippen molar-refractivity contribution in [2.45, 2.75) is 17.3 Å². The second kappa shape index (κ2) is 9.11. The maximum absolute atomic E-state index is 12.7. The van der Waals surface area contributed by atoms with Gasteiger partial charge in [0.2, 0.25) is 5.91 Å². The highest BCUT2D eigenvalue weighted by Crippen LogP contribution is 2.30. The molecule has 4 aromatic rings. The van der Waals surface area contributed by atoms with Gasteiger partial charge in [0.25, 0.3) is 0 Å². The minimum absolute atomic E-state index is 0.129. The van der Waals surface area contributed by atoms with E-state index in [0.29, 0.717) is 21.7 Å². The van der Waals surface area contributed by atoms with E-state index in [0.717, 1.165) is 11.3 Å². The van der Waals surface area contributed by atoms with Gasteiger partial charge < -0.3 is 5.32 Å². The molecule has 4 rings (SSSR count). The fraction of sp³-hybridized carbons (Fsp3) is 0.0909. The summed E-state index contributed by atoms with van der Waals surface area (Å²) in [6.07, 6.45) is 3.43. The van der Waals surface area contributed by atoms with Crippen LogP contribution in [0.25, 0.3) is 17.1 Å². The zero-order chi connectivity index (χ0) is 20.9. The van der Waals surface area contributed by atoms with Crippen LogP contribution in [-0.2, 0) is 4.79 Å². The quantitative estimate of drug-likeness (QED) is 0.426. The first-order chi connectivity index (χ1) is 14.6. The second-order valence-corrected chi connectivity index (χ2v) is 8.21. The summed E-state index contributed by atoms with van der Waals surface area (Å²) in [4.78, 5) is 16.8. The smallest absolute Gasteiger partial charge is 0.237 e. The van der Waals surface area contributed by atoms with E-state index < -0.39 is 5.25 Å². The number of hydrogen-bond donors (Lipinski definition) is 1. The average molecular weight is 436 g/mol. The molecule has 0 radical (unpaired) electrons. The van der Waals surface area contributed by atoms with Gasteiger partial charge in [-0.1, -0.05) is 41.6 Å². The number of hydrogen-bond acceptors (Lipinski definition) is 5. The van der Waals surface area contributed by atoms with Gasteiger partial charge in [-0.05, 0) is 55.5 Å². The molecule has 150 valence electrons. The summed E-state index contributed by atoms with van der Waals surface area (Å²) in [5.74, 6) is 0.562. The molecule has 0 aliphatic rings. The van der Waals surface area contributed by atoms with E-state index in [2.05, 4.69) is 20.5 Å². The van der Waals surface area contributed by atoms with Gasteiger partial charge >= 0.3 is 0 Å². The molecular formula is C22H18ClN5OS. The number of aromatic nitrogens is 4. The molecule has 2 aromatic heterocycles. The van der Waals surface area contributed by atoms with Crippen molar-refractivity contribution in [3.8, 4) is 17.1 Å². The number of carbonyl (C=O) groups excluding carboxylic acids is 1. The van der Waals surface area contributed by atoms with Gasteiger partial charge in [0, 0.05) is 34.4 Å². The van der Waals surface area contributed by atoms with Gasteiger partial charge in [-0.3, -0.25) is 14.3 Å². The zero-order valence-electron chi connectivity index (χ0n) is 16.1. The number of rotatable bonds is 6. The van der Waals surface area contributed by atoms with E-state index in [1.165, 1.54) is 11.8 Å². The number of benzene rings is 2. The molecule has 1 N–H and O–H groups in total. The Hall–Kier alpha value is -3.16. The molecule has 0 aliphatic heterocycles. The number of nitrogens with one attached hydrogen (secondary N) is 1. The summed E-state index contributed by atoms with van der Waals surface area (Å²) in [7, 11) is 0. The Morgan fingerprint density at radius 2 is 1.70 bits per heavy atom. The summed E-state index contributed by atoms with van der Waals surface area (Å²) in [6.45, 7) is 1.84. The van der Waals surface area contributed by atoms with E-state index >= 15 is 0 Å². The lowest BCUT2D eigenvalue weighted by Gasteiger charge is -2.14. The number of carbonyl (C=O) groups is 1. The van der Waals surface area contributed by atoms with Crippen LogP contribution >= 0.6 is 23.4 Å². The Balaban J connectivity index is 1.61. The van der Waals surface area contributed by atoms with Crippen LogP contribution in [0.3, 0.4) is 0 Å². The molecule has 30 heavy (non-hydrogen) atoms. The Morgan fingerprint density at radius 3 is 2.40 bits per heavy atom. The molecule has 0 saturated heterocycles. The number of amides is 1. The normalized spacial score (nSPS) is 11.8. The fourth-order valence-electron chi connectivity index (χ4n) is 2.83. The van der Waals surface area contributed by atoms with Gasteiger partial charge in [0.05, 0.1) is 5.25 Å². The molecule has 0 aliphatic carbocycles. The average Bonchev–Trinajstić information content (AvgIpc) is 3.20. The third-order valence-corrected chi connectivity index (χ3v) is 5.64. The Kier molecular flexibility index (Phi) is 6.11. The topological polar surface area (TPSA) is 72.7 Å². The lowest BCUT2D eigenvalue weighted by Crippen LogP contribution is -2.22. The van der Waals surface area contributed by atoms with Crippen molar-refractivity contribution in [2.75, 3.05) is 5.32 Å². The number of para-hydroxylation sites is 1. The second-order valence-electron chi connectivity index (χ2n) is 6.47. The van der Waals surface area contributed by atoms with Crippen LogP contribution in [0, 0.1) is 0 Å². The summed E-state index contributed by atoms with van der Waals surface area (Å²) in [5.41, 5.74) is 2.51. The van der Waals surface area contributed by atoms with Crippen LogP contribution < -0.4 is 5.32 Å². The van der Waals surface area contributed by atoms with Crippen molar-refractivity contribution in [2.24, 2.45) is 0 Å². The standard InChI is InChI=1S/C22H18ClN5OS/c1-15(21(29)25-18-9-7-17(23)8-10-18)30-22-27-26-20(16-11-13-24-14-12-16)28(22)19-5-3-2-4-6-19/h2-15H,1H3,(H,25,29)/t15-/m1/s1. The van der Waals surface area contributed by atoms with E-state index in [9.17, 15) is 4.79 Å². The molecule has 8 heteroatoms. The summed E-state index contributed by atoms with van der Waals surface area (Å²) in [5, 5.41) is 12.5. The van der Waals surface area contributed by atoms with E-state index in [1.54, 1.807) is 36.7 Å². The molecule has 0 bridgehead atoms. The van der Waals surface area contributed by atoms with Crippen molar-refractivity contribution in [1.29, 1.82) is 0 Å². The van der Waals surface area contributed by atoms with Crippen LogP contribution in [0.5, 0.6) is 0 Å². The van der Waals surface area contributed by atoms with E-state index in [1.807, 2.05) is 54.0 Å². The Morgan fingerprint density at radius 1 is 1.00 bits per heavy atom. The van der Waals surface area contributed by atoms with Crippen LogP contribution in [0.4, 0.5) is 5.69 Å². The maximum Gasteiger partial charge on any atom is 0.237 e. The van der Waals surface area contributed by atoms with Crippen LogP contribution in [0.1, 0.15) is 6.92 Å².